The summed E-state index contributed by atoms with van der Waals surface area (Å²) >= 11 is 0. The first-order valence-electron chi connectivity index (χ1n) is 19.7. The van der Waals surface area contributed by atoms with Crippen molar-refractivity contribution in [3.05, 3.63) is 136 Å². The van der Waals surface area contributed by atoms with Crippen LogP contribution in [0.25, 0.3) is 0 Å². The Hall–Kier alpha value is -5.62. The Morgan fingerprint density at radius 3 is 2.25 bits per heavy atom. The van der Waals surface area contributed by atoms with Crippen LogP contribution in [-0.2, 0) is 11.2 Å². The lowest BCUT2D eigenvalue weighted by atomic mass is 9.69. The zero-order valence-electron chi connectivity index (χ0n) is 31.6. The molecule has 8 rings (SSSR count). The van der Waals surface area contributed by atoms with Gasteiger partial charge in [0.15, 0.2) is 17.4 Å². The van der Waals surface area contributed by atoms with Gasteiger partial charge < -0.3 is 20.1 Å². The number of aromatic hydroxyl groups is 1. The molecule has 4 aromatic rings. The molecule has 2 N–H and O–H groups in total. The highest BCUT2D eigenvalue weighted by Crippen LogP contribution is 2.48. The Labute approximate surface area is 329 Å². The molecule has 3 aliphatic heterocycles. The zero-order chi connectivity index (χ0) is 39.8. The second kappa shape index (κ2) is 16.1. The van der Waals surface area contributed by atoms with Crippen LogP contribution in [0.15, 0.2) is 85.1 Å². The molecule has 0 aromatic heterocycles. The third-order valence-corrected chi connectivity index (χ3v) is 12.0. The van der Waals surface area contributed by atoms with E-state index in [4.69, 9.17) is 4.74 Å². The van der Waals surface area contributed by atoms with Gasteiger partial charge in [-0.25, -0.2) is 13.2 Å². The highest BCUT2D eigenvalue weighted by atomic mass is 19.1. The predicted octanol–water partition coefficient (Wildman–Crippen LogP) is 7.43. The summed E-state index contributed by atoms with van der Waals surface area (Å²) in [6.07, 6.45) is 4.66. The normalized spacial score (nSPS) is 21.1. The minimum Gasteiger partial charge on any atom is -0.503 e. The highest BCUT2D eigenvalue weighted by molar-refractivity contribution is 6.23. The molecule has 1 aliphatic carbocycles. The van der Waals surface area contributed by atoms with Crippen LogP contribution in [0.3, 0.4) is 0 Å². The lowest BCUT2D eigenvalue weighted by molar-refractivity contribution is -0.125. The molecule has 2 fully saturated rings. The van der Waals surface area contributed by atoms with Gasteiger partial charge in [-0.05, 0) is 128 Å². The van der Waals surface area contributed by atoms with Crippen LogP contribution in [0.5, 0.6) is 11.5 Å². The maximum Gasteiger partial charge on any atom is 0.262 e. The number of unbranched alkanes of at least 4 members (excludes halogenated alkanes) is 2. The number of hydrogen-bond donors (Lipinski definition) is 2. The van der Waals surface area contributed by atoms with Gasteiger partial charge in [0.2, 0.25) is 5.91 Å². The topological polar surface area (TPSA) is 102 Å². The number of carbonyl (C=O) groups is 3. The van der Waals surface area contributed by atoms with E-state index in [1.807, 2.05) is 30.3 Å². The highest BCUT2D eigenvalue weighted by Gasteiger charge is 2.44. The fourth-order valence-corrected chi connectivity index (χ4v) is 8.90. The monoisotopic (exact) mass is 778 g/mol. The molecule has 3 amide bonds. The van der Waals surface area contributed by atoms with Gasteiger partial charge in [-0.3, -0.25) is 24.2 Å². The quantitative estimate of drug-likeness (QED) is 0.121. The molecular formula is C45H45F3N4O5. The molecule has 0 radical (unpaired) electrons. The van der Waals surface area contributed by atoms with Crippen molar-refractivity contribution in [3.63, 3.8) is 0 Å². The maximum absolute atomic E-state index is 15.0. The summed E-state index contributed by atoms with van der Waals surface area (Å²) in [6.45, 7) is 8.62. The van der Waals surface area contributed by atoms with Crippen LogP contribution in [0.4, 0.5) is 18.9 Å². The zero-order valence-corrected chi connectivity index (χ0v) is 31.6. The van der Waals surface area contributed by atoms with E-state index in [0.717, 1.165) is 73.7 Å². The van der Waals surface area contributed by atoms with Crippen molar-refractivity contribution >= 4 is 23.4 Å². The number of ether oxygens (including phenoxy) is 1. The largest absolute Gasteiger partial charge is 0.503 e. The Bertz CT molecular complexity index is 2200. The summed E-state index contributed by atoms with van der Waals surface area (Å²) in [6, 6.07) is 19.6. The van der Waals surface area contributed by atoms with Crippen molar-refractivity contribution in [1.82, 2.24) is 15.1 Å². The fraction of sp³-hybridized carbons (Fsp3) is 0.356. The minimum atomic E-state index is -1.00. The minimum absolute atomic E-state index is 0.140. The molecule has 0 bridgehead atoms. The summed E-state index contributed by atoms with van der Waals surface area (Å²) in [7, 11) is 0. The van der Waals surface area contributed by atoms with E-state index in [1.54, 1.807) is 24.3 Å². The smallest absolute Gasteiger partial charge is 0.262 e. The van der Waals surface area contributed by atoms with Crippen LogP contribution in [0, 0.1) is 17.5 Å². The second-order valence-corrected chi connectivity index (χ2v) is 15.4. The average Bonchev–Trinajstić information content (AvgIpc) is 3.46. The summed E-state index contributed by atoms with van der Waals surface area (Å²) in [5.41, 5.74) is 4.69. The second-order valence-electron chi connectivity index (χ2n) is 15.4. The number of phenolic OH excluding ortho intramolecular Hbond substituents is 1. The van der Waals surface area contributed by atoms with E-state index in [0.29, 0.717) is 66.0 Å². The number of benzene rings is 4. The van der Waals surface area contributed by atoms with E-state index >= 15 is 4.39 Å². The molecule has 2 saturated heterocycles. The number of rotatable bonds is 11. The van der Waals surface area contributed by atoms with Crippen molar-refractivity contribution in [2.75, 3.05) is 44.2 Å². The molecule has 1 unspecified atom stereocenters. The number of imide groups is 1. The van der Waals surface area contributed by atoms with Crippen molar-refractivity contribution in [2.45, 2.75) is 62.8 Å². The SMILES string of the molecule is C=C1CCC(N2C(=O)c3ccc(N4CCN(CCCCCOc5ccc([C@H]6c7cc(F)c(O)c(F)c7CC[C@H]6c6ccc(F)cc6)cc5)CC4)cc3C2=O)C(=O)N1. The summed E-state index contributed by atoms with van der Waals surface area (Å²) in [5.74, 6) is -4.30. The number of halogens is 3. The van der Waals surface area contributed by atoms with Gasteiger partial charge >= 0.3 is 0 Å². The van der Waals surface area contributed by atoms with Gasteiger partial charge in [-0.15, -0.1) is 0 Å². The Morgan fingerprint density at radius 2 is 1.51 bits per heavy atom. The van der Waals surface area contributed by atoms with Crippen molar-refractivity contribution in [3.8, 4) is 11.5 Å². The Morgan fingerprint density at radius 1 is 0.789 bits per heavy atom. The van der Waals surface area contributed by atoms with E-state index in [1.165, 1.54) is 18.2 Å². The van der Waals surface area contributed by atoms with Crippen LogP contribution in [0.1, 0.15) is 93.3 Å². The lowest BCUT2D eigenvalue weighted by Gasteiger charge is -2.36. The molecule has 57 heavy (non-hydrogen) atoms. The van der Waals surface area contributed by atoms with Crippen molar-refractivity contribution in [2.24, 2.45) is 0 Å². The third-order valence-electron chi connectivity index (χ3n) is 12.0. The first-order valence-corrected chi connectivity index (χ1v) is 19.7. The number of carbonyl (C=O) groups excluding carboxylic acids is 3. The molecule has 4 aromatic carbocycles. The molecular weight excluding hydrogens is 734 g/mol. The molecule has 296 valence electrons. The number of anilines is 1. The number of nitrogens with zero attached hydrogens (tertiary/aromatic N) is 3. The lowest BCUT2D eigenvalue weighted by Crippen LogP contribution is -2.51. The van der Waals surface area contributed by atoms with E-state index in [-0.39, 0.29) is 17.6 Å². The van der Waals surface area contributed by atoms with Crippen molar-refractivity contribution < 1.29 is 37.4 Å². The van der Waals surface area contributed by atoms with Gasteiger partial charge in [0, 0.05) is 43.5 Å². The Kier molecular flexibility index (Phi) is 10.8. The molecule has 4 aliphatic rings. The molecule has 3 heterocycles. The standard InChI is InChI=1S/C45H45F3N4O5/c1-27-5-18-39(43(54)49-27)52-44(55)35-15-12-31(25-37(35)45(52)56)51-22-20-50(21-23-51)19-3-2-4-24-57-32-13-8-29(9-14-32)40-33(28-6-10-30(46)11-7-28)16-17-34-36(40)26-38(47)42(53)41(34)48/h6-15,25-26,33,39-40,53H,1-5,16-24H2,(H,49,54)/t33-,39?,40+/m0/s1. The summed E-state index contributed by atoms with van der Waals surface area (Å²) in [4.78, 5) is 44.8. The molecule has 3 atom stereocenters. The number of piperazine rings is 1. The Balaban J connectivity index is 0.802. The first kappa shape index (κ1) is 38.3. The molecule has 0 saturated carbocycles. The third kappa shape index (κ3) is 7.62. The number of phenols is 1. The number of hydrogen-bond acceptors (Lipinski definition) is 7. The number of fused-ring (bicyclic) bond motifs is 2. The van der Waals surface area contributed by atoms with E-state index < -0.39 is 41.2 Å². The van der Waals surface area contributed by atoms with Gasteiger partial charge in [-0.1, -0.05) is 30.8 Å². The number of allylic oxidation sites excluding steroid dienone is 1. The van der Waals surface area contributed by atoms with Gasteiger partial charge in [0.25, 0.3) is 11.8 Å². The first-order chi connectivity index (χ1) is 27.6. The molecule has 0 spiro atoms. The molecule has 9 nitrogen and oxygen atoms in total. The van der Waals surface area contributed by atoms with Crippen molar-refractivity contribution in [1.29, 1.82) is 0 Å². The molecule has 12 heteroatoms. The van der Waals surface area contributed by atoms with Gasteiger partial charge in [-0.2, -0.15) is 0 Å². The number of piperidine rings is 1. The van der Waals surface area contributed by atoms with Crippen LogP contribution in [0.2, 0.25) is 0 Å². The van der Waals surface area contributed by atoms with E-state index in [9.17, 15) is 28.3 Å². The predicted molar refractivity (Wildman–Crippen MR) is 209 cm³/mol. The van der Waals surface area contributed by atoms with Crippen LogP contribution >= 0.6 is 0 Å². The fourth-order valence-electron chi connectivity index (χ4n) is 8.90. The van der Waals surface area contributed by atoms with Crippen LogP contribution < -0.4 is 15.0 Å². The summed E-state index contributed by atoms with van der Waals surface area (Å²) < 4.78 is 49.5. The van der Waals surface area contributed by atoms with E-state index in [2.05, 4.69) is 21.7 Å². The number of amides is 3. The van der Waals surface area contributed by atoms with Crippen LogP contribution in [-0.4, -0.2) is 78.0 Å². The van der Waals surface area contributed by atoms with Gasteiger partial charge in [0.05, 0.1) is 17.7 Å². The summed E-state index contributed by atoms with van der Waals surface area (Å²) in [5, 5.41) is 12.6. The average molecular weight is 779 g/mol. The number of nitrogens with one attached hydrogen (secondary N) is 1. The maximum atomic E-state index is 15.0. The van der Waals surface area contributed by atoms with Gasteiger partial charge in [0.1, 0.15) is 17.6 Å².